The lowest BCUT2D eigenvalue weighted by Gasteiger charge is -2.33. The molecule has 134 valence electrons. The van der Waals surface area contributed by atoms with Crippen LogP contribution in [0.1, 0.15) is 77.6 Å². The fourth-order valence-corrected chi connectivity index (χ4v) is 4.66. The summed E-state index contributed by atoms with van der Waals surface area (Å²) in [7, 11) is 0. The van der Waals surface area contributed by atoms with Gasteiger partial charge in [0.2, 0.25) is 5.91 Å². The van der Waals surface area contributed by atoms with Gasteiger partial charge in [0.05, 0.1) is 12.3 Å². The molecule has 0 radical (unpaired) electrons. The van der Waals surface area contributed by atoms with E-state index in [1.165, 1.54) is 31.3 Å². The highest BCUT2D eigenvalue weighted by atomic mass is 16.6. The largest absolute Gasteiger partial charge is 0.458 e. The Morgan fingerprint density at radius 1 is 1.25 bits per heavy atom. The average molecular weight is 333 g/mol. The van der Waals surface area contributed by atoms with E-state index in [-0.39, 0.29) is 24.2 Å². The first-order chi connectivity index (χ1) is 11.6. The first-order valence-corrected chi connectivity index (χ1v) is 9.83. The number of hydrogen-bond donors (Lipinski definition) is 0. The van der Waals surface area contributed by atoms with Crippen LogP contribution < -0.4 is 0 Å². The number of ether oxygens (including phenoxy) is 1. The first-order valence-electron chi connectivity index (χ1n) is 9.83. The van der Waals surface area contributed by atoms with Gasteiger partial charge in [0.15, 0.2) is 0 Å². The molecule has 2 aliphatic carbocycles. The van der Waals surface area contributed by atoms with Gasteiger partial charge in [-0.15, -0.1) is 0 Å². The summed E-state index contributed by atoms with van der Waals surface area (Å²) in [5, 5.41) is 0. The third-order valence-electron chi connectivity index (χ3n) is 5.96. The van der Waals surface area contributed by atoms with Crippen LogP contribution in [0.25, 0.3) is 0 Å². The van der Waals surface area contributed by atoms with Gasteiger partial charge in [0.25, 0.3) is 0 Å². The maximum absolute atomic E-state index is 13.2. The van der Waals surface area contributed by atoms with Crippen LogP contribution in [0.4, 0.5) is 0 Å². The Hall–Kier alpha value is -1.32. The summed E-state index contributed by atoms with van der Waals surface area (Å²) in [6.45, 7) is 3.69. The second-order valence-electron chi connectivity index (χ2n) is 7.69. The third kappa shape index (κ3) is 3.68. The van der Waals surface area contributed by atoms with Gasteiger partial charge in [-0.2, -0.15) is 0 Å². The molecule has 1 saturated heterocycles. The van der Waals surface area contributed by atoms with Gasteiger partial charge in [-0.05, 0) is 64.2 Å². The summed E-state index contributed by atoms with van der Waals surface area (Å²) in [5.41, 5.74) is 1.02. The number of carbonyl (C=O) groups excluding carboxylic acids is 2. The molecule has 1 saturated carbocycles. The van der Waals surface area contributed by atoms with Crippen molar-refractivity contribution in [2.45, 2.75) is 83.2 Å². The van der Waals surface area contributed by atoms with Crippen molar-refractivity contribution in [3.05, 3.63) is 11.6 Å². The van der Waals surface area contributed by atoms with Crippen molar-refractivity contribution in [2.75, 3.05) is 13.1 Å². The van der Waals surface area contributed by atoms with Crippen LogP contribution in [0, 0.1) is 5.92 Å². The Kier molecular flexibility index (Phi) is 5.62. The maximum atomic E-state index is 13.2. The van der Waals surface area contributed by atoms with Gasteiger partial charge in [-0.3, -0.25) is 9.59 Å². The average Bonchev–Trinajstić information content (AvgIpc) is 3.19. The Balaban J connectivity index is 1.66. The van der Waals surface area contributed by atoms with Gasteiger partial charge in [0, 0.05) is 13.1 Å². The van der Waals surface area contributed by atoms with Crippen LogP contribution in [0.5, 0.6) is 0 Å². The van der Waals surface area contributed by atoms with Crippen molar-refractivity contribution < 1.29 is 14.3 Å². The van der Waals surface area contributed by atoms with E-state index in [9.17, 15) is 9.59 Å². The lowest BCUT2D eigenvalue weighted by Crippen LogP contribution is -2.45. The Labute approximate surface area is 145 Å². The Morgan fingerprint density at radius 2 is 2.04 bits per heavy atom. The van der Waals surface area contributed by atoms with E-state index in [1.54, 1.807) is 0 Å². The molecule has 4 nitrogen and oxygen atoms in total. The Morgan fingerprint density at radius 3 is 2.71 bits per heavy atom. The Bertz CT molecular complexity index is 505. The van der Waals surface area contributed by atoms with Crippen LogP contribution in [-0.4, -0.2) is 35.5 Å². The van der Waals surface area contributed by atoms with Gasteiger partial charge >= 0.3 is 5.97 Å². The highest BCUT2D eigenvalue weighted by Gasteiger charge is 2.54. The molecule has 4 heteroatoms. The van der Waals surface area contributed by atoms with Crippen LogP contribution in [0.3, 0.4) is 0 Å². The van der Waals surface area contributed by atoms with Crippen molar-refractivity contribution in [1.82, 2.24) is 4.90 Å². The number of carbonyl (C=O) groups is 2. The molecule has 0 aromatic heterocycles. The normalized spacial score (nSPS) is 25.6. The highest BCUT2D eigenvalue weighted by molar-refractivity contribution is 5.88. The summed E-state index contributed by atoms with van der Waals surface area (Å²) < 4.78 is 5.67. The molecule has 24 heavy (non-hydrogen) atoms. The number of rotatable bonds is 6. The van der Waals surface area contributed by atoms with E-state index in [2.05, 4.69) is 13.0 Å². The monoisotopic (exact) mass is 333 g/mol. The van der Waals surface area contributed by atoms with Crippen molar-refractivity contribution >= 4 is 11.9 Å². The van der Waals surface area contributed by atoms with E-state index in [1.807, 2.05) is 4.90 Å². The smallest absolute Gasteiger partial charge is 0.307 e. The summed E-state index contributed by atoms with van der Waals surface area (Å²) in [5.74, 6) is -0.276. The van der Waals surface area contributed by atoms with Gasteiger partial charge in [-0.1, -0.05) is 18.6 Å². The number of hydrogen-bond acceptors (Lipinski definition) is 3. The van der Waals surface area contributed by atoms with Gasteiger partial charge in [0.1, 0.15) is 5.60 Å². The minimum atomic E-state index is -0.482. The molecule has 3 rings (SSSR count). The summed E-state index contributed by atoms with van der Waals surface area (Å²) in [4.78, 5) is 27.1. The molecular formula is C20H31NO3. The SMILES string of the molecule is CCCN(CCC1=CCCCC1)C(=O)C1CC(=O)OC12CCCC2. The summed E-state index contributed by atoms with van der Waals surface area (Å²) in [6.07, 6.45) is 13.4. The molecule has 3 aliphatic rings. The molecule has 1 aliphatic heterocycles. The lowest BCUT2D eigenvalue weighted by molar-refractivity contribution is -0.151. The molecule has 2 fully saturated rings. The van der Waals surface area contributed by atoms with Crippen LogP contribution >= 0.6 is 0 Å². The minimum absolute atomic E-state index is 0.154. The van der Waals surface area contributed by atoms with Crippen molar-refractivity contribution in [3.63, 3.8) is 0 Å². The van der Waals surface area contributed by atoms with Gasteiger partial charge < -0.3 is 9.64 Å². The number of nitrogens with zero attached hydrogens (tertiary/aromatic N) is 1. The summed E-state index contributed by atoms with van der Waals surface area (Å²) in [6, 6.07) is 0. The molecule has 1 atom stereocenters. The second-order valence-corrected chi connectivity index (χ2v) is 7.69. The van der Waals surface area contributed by atoms with Crippen molar-refractivity contribution in [1.29, 1.82) is 0 Å². The van der Waals surface area contributed by atoms with Crippen LogP contribution in [0.2, 0.25) is 0 Å². The predicted octanol–water partition coefficient (Wildman–Crippen LogP) is 3.99. The highest BCUT2D eigenvalue weighted by Crippen LogP contribution is 2.46. The van der Waals surface area contributed by atoms with E-state index in [4.69, 9.17) is 4.74 Å². The van der Waals surface area contributed by atoms with E-state index < -0.39 is 5.60 Å². The molecular weight excluding hydrogens is 302 g/mol. The quantitative estimate of drug-likeness (QED) is 0.545. The molecule has 1 spiro atoms. The number of amides is 1. The van der Waals surface area contributed by atoms with E-state index in [0.29, 0.717) is 0 Å². The molecule has 1 amide bonds. The molecule has 0 aromatic carbocycles. The number of allylic oxidation sites excluding steroid dienone is 1. The molecule has 0 bridgehead atoms. The standard InChI is InChI=1S/C20H31NO3/c1-2-13-21(14-10-16-8-4-3-5-9-16)19(23)17-15-18(22)24-20(17)11-6-7-12-20/h8,17H,2-7,9-15H2,1H3. The van der Waals surface area contributed by atoms with Crippen molar-refractivity contribution in [3.8, 4) is 0 Å². The second kappa shape index (κ2) is 7.71. The lowest BCUT2D eigenvalue weighted by atomic mass is 9.84. The topological polar surface area (TPSA) is 46.6 Å². The van der Waals surface area contributed by atoms with Gasteiger partial charge in [-0.25, -0.2) is 0 Å². The zero-order valence-corrected chi connectivity index (χ0v) is 15.0. The predicted molar refractivity (Wildman–Crippen MR) is 93.4 cm³/mol. The fraction of sp³-hybridized carbons (Fsp3) is 0.800. The molecule has 1 unspecified atom stereocenters. The zero-order chi connectivity index (χ0) is 17.0. The zero-order valence-electron chi connectivity index (χ0n) is 15.0. The fourth-order valence-electron chi connectivity index (χ4n) is 4.66. The van der Waals surface area contributed by atoms with E-state index >= 15 is 0 Å². The van der Waals surface area contributed by atoms with Crippen LogP contribution in [-0.2, 0) is 14.3 Å². The first kappa shape index (κ1) is 17.5. The van der Waals surface area contributed by atoms with E-state index in [0.717, 1.165) is 51.6 Å². The number of esters is 1. The maximum Gasteiger partial charge on any atom is 0.307 e. The van der Waals surface area contributed by atoms with Crippen molar-refractivity contribution in [2.24, 2.45) is 5.92 Å². The summed E-state index contributed by atoms with van der Waals surface area (Å²) >= 11 is 0. The third-order valence-corrected chi connectivity index (χ3v) is 5.96. The molecule has 0 aromatic rings. The minimum Gasteiger partial charge on any atom is -0.458 e. The van der Waals surface area contributed by atoms with Crippen LogP contribution in [0.15, 0.2) is 11.6 Å². The molecule has 0 N–H and O–H groups in total. The molecule has 1 heterocycles.